The highest BCUT2D eigenvalue weighted by molar-refractivity contribution is 5.92. The minimum atomic E-state index is -0.0411. The fourth-order valence-electron chi connectivity index (χ4n) is 2.83. The molecule has 138 valence electrons. The van der Waals surface area contributed by atoms with Gasteiger partial charge in [0.25, 0.3) is 0 Å². The average molecular weight is 360 g/mol. The van der Waals surface area contributed by atoms with Crippen LogP contribution in [-0.2, 0) is 17.8 Å². The first-order chi connectivity index (χ1) is 13.1. The number of carbonyl (C=O) groups is 1. The molecule has 0 aliphatic carbocycles. The molecule has 0 saturated carbocycles. The van der Waals surface area contributed by atoms with E-state index < -0.39 is 0 Å². The van der Waals surface area contributed by atoms with Crippen LogP contribution in [0, 0.1) is 6.92 Å². The Hall–Kier alpha value is -3.27. The lowest BCUT2D eigenvalue weighted by Gasteiger charge is -2.09. The van der Waals surface area contributed by atoms with Gasteiger partial charge < -0.3 is 15.4 Å². The topological polar surface area (TPSA) is 50.4 Å². The van der Waals surface area contributed by atoms with Gasteiger partial charge in [-0.05, 0) is 54.4 Å². The molecule has 0 radical (unpaired) electrons. The molecule has 0 fully saturated rings. The summed E-state index contributed by atoms with van der Waals surface area (Å²) in [4.78, 5) is 12.2. The molecule has 3 aromatic carbocycles. The van der Waals surface area contributed by atoms with Gasteiger partial charge in [0.05, 0.1) is 13.5 Å². The standard InChI is InChI=1S/C23H24N2O2/c1-17-4-3-5-19(14-17)16-24-20-8-10-21(11-9-20)25-23(26)15-18-6-12-22(27-2)13-7-18/h3-14,24H,15-16H2,1-2H3,(H,25,26). The van der Waals surface area contributed by atoms with Crippen molar-refractivity contribution in [2.24, 2.45) is 0 Å². The molecular formula is C23H24N2O2. The maximum atomic E-state index is 12.2. The largest absolute Gasteiger partial charge is 0.497 e. The minimum Gasteiger partial charge on any atom is -0.497 e. The van der Waals surface area contributed by atoms with Gasteiger partial charge in [0.2, 0.25) is 5.91 Å². The van der Waals surface area contributed by atoms with E-state index in [9.17, 15) is 4.79 Å². The highest BCUT2D eigenvalue weighted by atomic mass is 16.5. The normalized spacial score (nSPS) is 10.3. The Balaban J connectivity index is 1.51. The number of aryl methyl sites for hydroxylation is 1. The number of methoxy groups -OCH3 is 1. The maximum Gasteiger partial charge on any atom is 0.228 e. The number of anilines is 2. The minimum absolute atomic E-state index is 0.0411. The Morgan fingerprint density at radius 3 is 2.26 bits per heavy atom. The van der Waals surface area contributed by atoms with Gasteiger partial charge in [-0.3, -0.25) is 4.79 Å². The van der Waals surface area contributed by atoms with Crippen LogP contribution in [0.25, 0.3) is 0 Å². The molecule has 0 bridgehead atoms. The monoisotopic (exact) mass is 360 g/mol. The lowest BCUT2D eigenvalue weighted by atomic mass is 10.1. The highest BCUT2D eigenvalue weighted by Crippen LogP contribution is 2.16. The quantitative estimate of drug-likeness (QED) is 0.636. The van der Waals surface area contributed by atoms with Crippen LogP contribution in [0.1, 0.15) is 16.7 Å². The smallest absolute Gasteiger partial charge is 0.228 e. The number of carbonyl (C=O) groups excluding carboxylic acids is 1. The predicted octanol–water partition coefficient (Wildman–Crippen LogP) is 4.80. The van der Waals surface area contributed by atoms with Crippen molar-refractivity contribution in [3.8, 4) is 5.75 Å². The van der Waals surface area contributed by atoms with E-state index in [2.05, 4.69) is 41.8 Å². The molecule has 4 nitrogen and oxygen atoms in total. The SMILES string of the molecule is COc1ccc(CC(=O)Nc2ccc(NCc3cccc(C)c3)cc2)cc1. The average Bonchev–Trinajstić information content (AvgIpc) is 2.68. The van der Waals surface area contributed by atoms with Crippen molar-refractivity contribution in [3.63, 3.8) is 0 Å². The van der Waals surface area contributed by atoms with Crippen LogP contribution in [0.2, 0.25) is 0 Å². The van der Waals surface area contributed by atoms with Crippen molar-refractivity contribution < 1.29 is 9.53 Å². The van der Waals surface area contributed by atoms with Crippen molar-refractivity contribution in [1.82, 2.24) is 0 Å². The summed E-state index contributed by atoms with van der Waals surface area (Å²) in [5, 5.41) is 6.32. The Bertz CT molecular complexity index is 887. The van der Waals surface area contributed by atoms with Gasteiger partial charge in [-0.1, -0.05) is 42.0 Å². The molecule has 1 amide bonds. The highest BCUT2D eigenvalue weighted by Gasteiger charge is 2.05. The summed E-state index contributed by atoms with van der Waals surface area (Å²) in [6.07, 6.45) is 0.331. The maximum absolute atomic E-state index is 12.2. The van der Waals surface area contributed by atoms with Crippen LogP contribution in [-0.4, -0.2) is 13.0 Å². The third-order valence-corrected chi connectivity index (χ3v) is 4.27. The fourth-order valence-corrected chi connectivity index (χ4v) is 2.83. The van der Waals surface area contributed by atoms with Gasteiger partial charge in [-0.15, -0.1) is 0 Å². The van der Waals surface area contributed by atoms with Gasteiger partial charge in [0.1, 0.15) is 5.75 Å². The van der Waals surface area contributed by atoms with Crippen LogP contribution in [0.15, 0.2) is 72.8 Å². The van der Waals surface area contributed by atoms with Crippen molar-refractivity contribution >= 4 is 17.3 Å². The molecule has 0 spiro atoms. The van der Waals surface area contributed by atoms with E-state index in [1.54, 1.807) is 7.11 Å². The summed E-state index contributed by atoms with van der Waals surface area (Å²) >= 11 is 0. The summed E-state index contributed by atoms with van der Waals surface area (Å²) in [5.74, 6) is 0.744. The summed E-state index contributed by atoms with van der Waals surface area (Å²) in [5.41, 5.74) is 5.25. The molecule has 0 aromatic heterocycles. The second kappa shape index (κ2) is 8.90. The Kier molecular flexibility index (Phi) is 6.10. The van der Waals surface area contributed by atoms with E-state index in [1.807, 2.05) is 48.5 Å². The second-order valence-corrected chi connectivity index (χ2v) is 6.49. The number of hydrogen-bond donors (Lipinski definition) is 2. The molecule has 0 heterocycles. The number of ether oxygens (including phenoxy) is 1. The van der Waals surface area contributed by atoms with E-state index in [-0.39, 0.29) is 5.91 Å². The van der Waals surface area contributed by atoms with Crippen molar-refractivity contribution in [2.45, 2.75) is 19.9 Å². The summed E-state index contributed by atoms with van der Waals surface area (Å²) in [6.45, 7) is 2.86. The van der Waals surface area contributed by atoms with Gasteiger partial charge >= 0.3 is 0 Å². The first-order valence-corrected chi connectivity index (χ1v) is 8.94. The lowest BCUT2D eigenvalue weighted by Crippen LogP contribution is -2.14. The number of nitrogens with one attached hydrogen (secondary N) is 2. The zero-order valence-electron chi connectivity index (χ0n) is 15.7. The van der Waals surface area contributed by atoms with Crippen LogP contribution in [0.5, 0.6) is 5.75 Å². The summed E-state index contributed by atoms with van der Waals surface area (Å²) < 4.78 is 5.13. The molecular weight excluding hydrogens is 336 g/mol. The van der Waals surface area contributed by atoms with Crippen molar-refractivity contribution in [2.75, 3.05) is 17.7 Å². The third-order valence-electron chi connectivity index (χ3n) is 4.27. The first kappa shape index (κ1) is 18.5. The summed E-state index contributed by atoms with van der Waals surface area (Å²) in [6, 6.07) is 23.7. The Morgan fingerprint density at radius 2 is 1.59 bits per heavy atom. The van der Waals surface area contributed by atoms with E-state index in [1.165, 1.54) is 11.1 Å². The summed E-state index contributed by atoms with van der Waals surface area (Å²) in [7, 11) is 1.63. The number of rotatable bonds is 7. The van der Waals surface area contributed by atoms with Crippen molar-refractivity contribution in [3.05, 3.63) is 89.5 Å². The number of amides is 1. The second-order valence-electron chi connectivity index (χ2n) is 6.49. The molecule has 3 aromatic rings. The molecule has 0 unspecified atom stereocenters. The van der Waals surface area contributed by atoms with E-state index >= 15 is 0 Å². The van der Waals surface area contributed by atoms with Gasteiger partial charge in [-0.25, -0.2) is 0 Å². The van der Waals surface area contributed by atoms with Crippen LogP contribution in [0.3, 0.4) is 0 Å². The molecule has 4 heteroatoms. The van der Waals surface area contributed by atoms with Crippen LogP contribution < -0.4 is 15.4 Å². The zero-order chi connectivity index (χ0) is 19.1. The lowest BCUT2D eigenvalue weighted by molar-refractivity contribution is -0.115. The molecule has 0 saturated heterocycles. The van der Waals surface area contributed by atoms with E-state index in [0.29, 0.717) is 6.42 Å². The molecule has 0 aliphatic rings. The van der Waals surface area contributed by atoms with E-state index in [0.717, 1.165) is 29.2 Å². The number of benzene rings is 3. The molecule has 2 N–H and O–H groups in total. The fraction of sp³-hybridized carbons (Fsp3) is 0.174. The van der Waals surface area contributed by atoms with Gasteiger partial charge in [0, 0.05) is 17.9 Å². The van der Waals surface area contributed by atoms with Gasteiger partial charge in [0.15, 0.2) is 0 Å². The van der Waals surface area contributed by atoms with Crippen LogP contribution >= 0.6 is 0 Å². The predicted molar refractivity (Wildman–Crippen MR) is 110 cm³/mol. The van der Waals surface area contributed by atoms with E-state index in [4.69, 9.17) is 4.74 Å². The number of hydrogen-bond acceptors (Lipinski definition) is 3. The third kappa shape index (κ3) is 5.61. The van der Waals surface area contributed by atoms with Crippen LogP contribution in [0.4, 0.5) is 11.4 Å². The Morgan fingerprint density at radius 1 is 0.889 bits per heavy atom. The zero-order valence-corrected chi connectivity index (χ0v) is 15.7. The van der Waals surface area contributed by atoms with Crippen molar-refractivity contribution in [1.29, 1.82) is 0 Å². The Labute approximate surface area is 160 Å². The molecule has 3 rings (SSSR count). The molecule has 0 aliphatic heterocycles. The molecule has 0 atom stereocenters. The first-order valence-electron chi connectivity index (χ1n) is 8.94. The molecule has 27 heavy (non-hydrogen) atoms. The van der Waals surface area contributed by atoms with Gasteiger partial charge in [-0.2, -0.15) is 0 Å².